The number of aromatic hydroxyl groups is 1. The van der Waals surface area contributed by atoms with Crippen LogP contribution in [0.3, 0.4) is 0 Å². The number of anilines is 1. The van der Waals surface area contributed by atoms with E-state index in [1.165, 1.54) is 11.0 Å². The molecule has 0 saturated heterocycles. The normalized spacial score (nSPS) is 10.1. The molecule has 0 spiro atoms. The van der Waals surface area contributed by atoms with Gasteiger partial charge in [0, 0.05) is 23.9 Å². The van der Waals surface area contributed by atoms with Crippen LogP contribution in [-0.4, -0.2) is 22.5 Å². The second-order valence-corrected chi connectivity index (χ2v) is 4.35. The van der Waals surface area contributed by atoms with Gasteiger partial charge in [0.15, 0.2) is 5.75 Å². The van der Waals surface area contributed by atoms with E-state index in [1.54, 1.807) is 12.1 Å². The molecule has 0 bridgehead atoms. The average Bonchev–Trinajstić information content (AvgIpc) is 2.48. The Labute approximate surface area is 121 Å². The average molecular weight is 286 g/mol. The van der Waals surface area contributed by atoms with Gasteiger partial charge in [-0.05, 0) is 31.2 Å². The molecule has 0 atom stereocenters. The molecule has 1 amide bonds. The summed E-state index contributed by atoms with van der Waals surface area (Å²) in [4.78, 5) is 24.0. The fraction of sp³-hybridized carbons (Fsp3) is 0.133. The first-order valence-electron chi connectivity index (χ1n) is 6.39. The van der Waals surface area contributed by atoms with Crippen molar-refractivity contribution in [2.45, 2.75) is 6.92 Å². The zero-order valence-electron chi connectivity index (χ0n) is 11.4. The predicted molar refractivity (Wildman–Crippen MR) is 78.6 cm³/mol. The summed E-state index contributed by atoms with van der Waals surface area (Å²) >= 11 is 0. The molecule has 2 aromatic carbocycles. The minimum atomic E-state index is -0.696. The second kappa shape index (κ2) is 6.04. The van der Waals surface area contributed by atoms with E-state index in [1.807, 2.05) is 25.1 Å². The molecule has 0 heterocycles. The number of nitrogens with zero attached hydrogens (tertiary/aromatic N) is 2. The van der Waals surface area contributed by atoms with Crippen molar-refractivity contribution < 1.29 is 14.8 Å². The lowest BCUT2D eigenvalue weighted by atomic mass is 10.1. The summed E-state index contributed by atoms with van der Waals surface area (Å²) in [5.74, 6) is -0.844. The largest absolute Gasteiger partial charge is 0.502 e. The van der Waals surface area contributed by atoms with E-state index in [4.69, 9.17) is 0 Å². The molecule has 108 valence electrons. The maximum Gasteiger partial charge on any atom is 0.310 e. The van der Waals surface area contributed by atoms with Gasteiger partial charge in [0.1, 0.15) is 0 Å². The minimum absolute atomic E-state index is 0.198. The summed E-state index contributed by atoms with van der Waals surface area (Å²) in [6.07, 6.45) is 0. The summed E-state index contributed by atoms with van der Waals surface area (Å²) in [7, 11) is 0. The number of carbonyl (C=O) groups is 1. The maximum atomic E-state index is 12.5. The van der Waals surface area contributed by atoms with Gasteiger partial charge in [-0.3, -0.25) is 14.9 Å². The maximum absolute atomic E-state index is 12.5. The Bertz CT molecular complexity index is 671. The van der Waals surface area contributed by atoms with Crippen LogP contribution in [0.4, 0.5) is 11.4 Å². The van der Waals surface area contributed by atoms with Gasteiger partial charge in [0.2, 0.25) is 0 Å². The van der Waals surface area contributed by atoms with Crippen LogP contribution in [0.5, 0.6) is 5.75 Å². The number of amides is 1. The summed E-state index contributed by atoms with van der Waals surface area (Å²) in [5, 5.41) is 20.3. The van der Waals surface area contributed by atoms with Crippen LogP contribution in [0.15, 0.2) is 48.5 Å². The number of hydrogen-bond donors (Lipinski definition) is 1. The molecule has 2 rings (SSSR count). The van der Waals surface area contributed by atoms with Gasteiger partial charge < -0.3 is 10.0 Å². The van der Waals surface area contributed by atoms with Gasteiger partial charge in [-0.2, -0.15) is 0 Å². The van der Waals surface area contributed by atoms with Crippen LogP contribution in [0.2, 0.25) is 0 Å². The van der Waals surface area contributed by atoms with E-state index in [2.05, 4.69) is 0 Å². The van der Waals surface area contributed by atoms with Gasteiger partial charge in [0.05, 0.1) is 4.92 Å². The van der Waals surface area contributed by atoms with E-state index in [-0.39, 0.29) is 11.5 Å². The summed E-state index contributed by atoms with van der Waals surface area (Å²) in [6.45, 7) is 2.27. The molecule has 1 N–H and O–H groups in total. The van der Waals surface area contributed by atoms with Gasteiger partial charge in [-0.1, -0.05) is 18.2 Å². The number of para-hydroxylation sites is 1. The molecule has 0 unspecified atom stereocenters. The van der Waals surface area contributed by atoms with E-state index >= 15 is 0 Å². The highest BCUT2D eigenvalue weighted by molar-refractivity contribution is 6.06. The van der Waals surface area contributed by atoms with Crippen molar-refractivity contribution in [2.75, 3.05) is 11.4 Å². The number of carbonyl (C=O) groups excluding carboxylic acids is 1. The first kappa shape index (κ1) is 14.5. The molecule has 0 fully saturated rings. The molecular formula is C15H14N2O4. The van der Waals surface area contributed by atoms with E-state index in [0.29, 0.717) is 6.54 Å². The summed E-state index contributed by atoms with van der Waals surface area (Å²) < 4.78 is 0. The Morgan fingerprint density at radius 1 is 1.24 bits per heavy atom. The molecule has 0 aliphatic heterocycles. The fourth-order valence-corrected chi connectivity index (χ4v) is 2.02. The van der Waals surface area contributed by atoms with Crippen molar-refractivity contribution in [3.05, 3.63) is 64.2 Å². The highest BCUT2D eigenvalue weighted by atomic mass is 16.6. The Morgan fingerprint density at radius 3 is 2.43 bits per heavy atom. The standard InChI is InChI=1S/C15H14N2O4/c1-2-16(12-6-4-3-5-7-12)15(19)11-8-9-13(17(20)21)14(18)10-11/h3-10,18H,2H2,1H3. The van der Waals surface area contributed by atoms with Crippen molar-refractivity contribution in [1.29, 1.82) is 0 Å². The van der Waals surface area contributed by atoms with Crippen LogP contribution >= 0.6 is 0 Å². The van der Waals surface area contributed by atoms with Crippen molar-refractivity contribution in [3.8, 4) is 5.75 Å². The van der Waals surface area contributed by atoms with Crippen LogP contribution in [0, 0.1) is 10.1 Å². The molecule has 21 heavy (non-hydrogen) atoms. The molecule has 0 aliphatic carbocycles. The van der Waals surface area contributed by atoms with Gasteiger partial charge in [-0.25, -0.2) is 0 Å². The van der Waals surface area contributed by atoms with Crippen LogP contribution in [0.1, 0.15) is 17.3 Å². The topological polar surface area (TPSA) is 83.7 Å². The molecular weight excluding hydrogens is 272 g/mol. The van der Waals surface area contributed by atoms with Crippen LogP contribution in [-0.2, 0) is 0 Å². The quantitative estimate of drug-likeness (QED) is 0.691. The van der Waals surface area contributed by atoms with Gasteiger partial charge >= 0.3 is 5.69 Å². The molecule has 0 saturated carbocycles. The molecule has 2 aromatic rings. The fourth-order valence-electron chi connectivity index (χ4n) is 2.02. The molecule has 6 heteroatoms. The number of phenolic OH excluding ortho intramolecular Hbond substituents is 1. The second-order valence-electron chi connectivity index (χ2n) is 4.35. The van der Waals surface area contributed by atoms with Crippen LogP contribution < -0.4 is 4.90 Å². The highest BCUT2D eigenvalue weighted by Gasteiger charge is 2.20. The smallest absolute Gasteiger partial charge is 0.310 e. The van der Waals surface area contributed by atoms with Crippen molar-refractivity contribution in [1.82, 2.24) is 0 Å². The first-order chi connectivity index (χ1) is 10.0. The third kappa shape index (κ3) is 3.00. The molecule has 0 aromatic heterocycles. The third-order valence-corrected chi connectivity index (χ3v) is 3.05. The number of benzene rings is 2. The molecule has 6 nitrogen and oxygen atoms in total. The summed E-state index contributed by atoms with van der Waals surface area (Å²) in [6, 6.07) is 12.7. The third-order valence-electron chi connectivity index (χ3n) is 3.05. The lowest BCUT2D eigenvalue weighted by Crippen LogP contribution is -2.30. The monoisotopic (exact) mass is 286 g/mol. The lowest BCUT2D eigenvalue weighted by Gasteiger charge is -2.21. The molecule has 0 aliphatic rings. The number of nitro groups is 1. The number of phenols is 1. The van der Waals surface area contributed by atoms with E-state index in [9.17, 15) is 20.0 Å². The van der Waals surface area contributed by atoms with Crippen LogP contribution in [0.25, 0.3) is 0 Å². The molecule has 0 radical (unpaired) electrons. The predicted octanol–water partition coefficient (Wildman–Crippen LogP) is 2.97. The van der Waals surface area contributed by atoms with Crippen molar-refractivity contribution in [3.63, 3.8) is 0 Å². The summed E-state index contributed by atoms with van der Waals surface area (Å²) in [5.41, 5.74) is 0.501. The zero-order valence-corrected chi connectivity index (χ0v) is 11.4. The van der Waals surface area contributed by atoms with E-state index in [0.717, 1.165) is 17.8 Å². The van der Waals surface area contributed by atoms with Crippen molar-refractivity contribution in [2.24, 2.45) is 0 Å². The Morgan fingerprint density at radius 2 is 1.90 bits per heavy atom. The number of hydrogen-bond acceptors (Lipinski definition) is 4. The number of nitro benzene ring substituents is 1. The minimum Gasteiger partial charge on any atom is -0.502 e. The van der Waals surface area contributed by atoms with E-state index < -0.39 is 16.4 Å². The Kier molecular flexibility index (Phi) is 4.18. The first-order valence-corrected chi connectivity index (χ1v) is 6.39. The van der Waals surface area contributed by atoms with Gasteiger partial charge in [0.25, 0.3) is 5.91 Å². The Hall–Kier alpha value is -2.89. The highest BCUT2D eigenvalue weighted by Crippen LogP contribution is 2.27. The lowest BCUT2D eigenvalue weighted by molar-refractivity contribution is -0.385. The van der Waals surface area contributed by atoms with Gasteiger partial charge in [-0.15, -0.1) is 0 Å². The zero-order chi connectivity index (χ0) is 15.4. The Balaban J connectivity index is 2.35. The SMILES string of the molecule is CCN(C(=O)c1ccc([N+](=O)[O-])c(O)c1)c1ccccc1. The van der Waals surface area contributed by atoms with Crippen molar-refractivity contribution >= 4 is 17.3 Å². The number of rotatable bonds is 4.